The molecule has 1 rings (SSSR count). The predicted molar refractivity (Wildman–Crippen MR) is 64.5 cm³/mol. The van der Waals surface area contributed by atoms with Gasteiger partial charge in [-0.25, -0.2) is 0 Å². The van der Waals surface area contributed by atoms with Gasteiger partial charge in [0, 0.05) is 6.54 Å². The molecular formula is C12H13F5N2O. The highest BCUT2D eigenvalue weighted by Gasteiger charge is 2.64. The molecule has 0 bridgehead atoms. The zero-order valence-electron chi connectivity index (χ0n) is 10.5. The molecule has 0 saturated carbocycles. The Morgan fingerprint density at radius 2 is 1.75 bits per heavy atom. The maximum absolute atomic E-state index is 13.2. The quantitative estimate of drug-likeness (QED) is 0.685. The third-order valence-electron chi connectivity index (χ3n) is 2.54. The van der Waals surface area contributed by atoms with E-state index in [-0.39, 0.29) is 24.3 Å². The Bertz CT molecular complexity index is 487. The van der Waals surface area contributed by atoms with Crippen LogP contribution in [0.5, 0.6) is 0 Å². The van der Waals surface area contributed by atoms with E-state index in [0.29, 0.717) is 4.90 Å². The average Bonchev–Trinajstić information content (AvgIpc) is 2.35. The lowest BCUT2D eigenvalue weighted by molar-refractivity contribution is -0.268. The van der Waals surface area contributed by atoms with E-state index in [1.165, 1.54) is 24.3 Å². The normalized spacial score (nSPS) is 12.3. The van der Waals surface area contributed by atoms with Gasteiger partial charge in [0.2, 0.25) is 0 Å². The Kier molecular flexibility index (Phi) is 4.57. The van der Waals surface area contributed by atoms with E-state index in [1.807, 2.05) is 0 Å². The van der Waals surface area contributed by atoms with Crippen molar-refractivity contribution in [2.45, 2.75) is 25.4 Å². The van der Waals surface area contributed by atoms with Gasteiger partial charge in [-0.1, -0.05) is 19.1 Å². The molecule has 0 atom stereocenters. The van der Waals surface area contributed by atoms with Crippen LogP contribution in [0.4, 0.5) is 33.3 Å². The molecule has 8 heteroatoms. The number of amides is 1. The largest absolute Gasteiger partial charge is 0.463 e. The van der Waals surface area contributed by atoms with Crippen molar-refractivity contribution in [3.8, 4) is 0 Å². The van der Waals surface area contributed by atoms with E-state index in [1.54, 1.807) is 6.92 Å². The summed E-state index contributed by atoms with van der Waals surface area (Å²) in [6.45, 7) is 1.25. The van der Waals surface area contributed by atoms with Crippen molar-refractivity contribution in [1.82, 2.24) is 0 Å². The van der Waals surface area contributed by atoms with Gasteiger partial charge in [0.1, 0.15) is 0 Å². The first-order chi connectivity index (χ1) is 9.13. The molecule has 0 aromatic heterocycles. The summed E-state index contributed by atoms with van der Waals surface area (Å²) in [4.78, 5) is 11.9. The van der Waals surface area contributed by atoms with Gasteiger partial charge in [0.15, 0.2) is 0 Å². The van der Waals surface area contributed by atoms with Gasteiger partial charge in [-0.05, 0) is 18.6 Å². The second-order valence-corrected chi connectivity index (χ2v) is 4.09. The molecule has 0 heterocycles. The van der Waals surface area contributed by atoms with Gasteiger partial charge >= 0.3 is 18.0 Å². The van der Waals surface area contributed by atoms with Crippen molar-refractivity contribution in [2.24, 2.45) is 0 Å². The first-order valence-electron chi connectivity index (χ1n) is 5.74. The molecule has 0 saturated heterocycles. The third kappa shape index (κ3) is 3.00. The molecule has 1 aromatic carbocycles. The maximum atomic E-state index is 13.2. The number of rotatable bonds is 4. The monoisotopic (exact) mass is 296 g/mol. The molecule has 0 unspecified atom stereocenters. The lowest BCUT2D eigenvalue weighted by Crippen LogP contribution is -2.52. The van der Waals surface area contributed by atoms with E-state index in [2.05, 4.69) is 0 Å². The molecule has 1 amide bonds. The van der Waals surface area contributed by atoms with Crippen LogP contribution in [-0.2, 0) is 4.79 Å². The SMILES string of the molecule is CCCN(C(=O)C(F)(F)C(F)(F)F)c1ccccc1N. The fourth-order valence-electron chi connectivity index (χ4n) is 1.58. The van der Waals surface area contributed by atoms with Gasteiger partial charge in [-0.15, -0.1) is 0 Å². The van der Waals surface area contributed by atoms with Crippen molar-refractivity contribution in [3.63, 3.8) is 0 Å². The zero-order chi connectivity index (χ0) is 15.6. The van der Waals surface area contributed by atoms with Crippen LogP contribution in [0, 0.1) is 0 Å². The molecular weight excluding hydrogens is 283 g/mol. The van der Waals surface area contributed by atoms with E-state index in [0.717, 1.165) is 0 Å². The summed E-state index contributed by atoms with van der Waals surface area (Å²) in [6.07, 6.45) is -5.74. The number of anilines is 2. The number of hydrogen-bond donors (Lipinski definition) is 1. The van der Waals surface area contributed by atoms with Crippen LogP contribution < -0.4 is 10.6 Å². The van der Waals surface area contributed by atoms with Crippen LogP contribution in [0.15, 0.2) is 24.3 Å². The van der Waals surface area contributed by atoms with E-state index < -0.39 is 18.0 Å². The van der Waals surface area contributed by atoms with Gasteiger partial charge < -0.3 is 10.6 Å². The number of nitrogens with two attached hydrogens (primary N) is 1. The Morgan fingerprint density at radius 3 is 2.20 bits per heavy atom. The number of carbonyl (C=O) groups is 1. The van der Waals surface area contributed by atoms with Crippen molar-refractivity contribution in [3.05, 3.63) is 24.3 Å². The molecule has 20 heavy (non-hydrogen) atoms. The number of carbonyl (C=O) groups excluding carboxylic acids is 1. The van der Waals surface area contributed by atoms with Gasteiger partial charge in [-0.2, -0.15) is 22.0 Å². The van der Waals surface area contributed by atoms with Crippen molar-refractivity contribution in [2.75, 3.05) is 17.2 Å². The summed E-state index contributed by atoms with van der Waals surface area (Å²) in [5, 5.41) is 0. The minimum absolute atomic E-state index is 0.0488. The molecule has 0 aliphatic heterocycles. The Labute approximate surface area is 112 Å². The highest BCUT2D eigenvalue weighted by atomic mass is 19.4. The number of halogens is 5. The standard InChI is InChI=1S/C12H13F5N2O/c1-2-7-19(9-6-4-3-5-8(9)18)10(20)11(13,14)12(15,16)17/h3-6H,2,7,18H2,1H3. The summed E-state index contributed by atoms with van der Waals surface area (Å²) in [7, 11) is 0. The summed E-state index contributed by atoms with van der Waals surface area (Å²) >= 11 is 0. The van der Waals surface area contributed by atoms with E-state index in [4.69, 9.17) is 5.73 Å². The van der Waals surface area contributed by atoms with Gasteiger partial charge in [0.05, 0.1) is 11.4 Å². The Morgan fingerprint density at radius 1 is 1.20 bits per heavy atom. The molecule has 3 nitrogen and oxygen atoms in total. The zero-order valence-corrected chi connectivity index (χ0v) is 10.5. The average molecular weight is 296 g/mol. The number of alkyl halides is 5. The van der Waals surface area contributed by atoms with Crippen LogP contribution in [0.3, 0.4) is 0 Å². The number of nitrogen functional groups attached to an aromatic ring is 1. The number of para-hydroxylation sites is 2. The lowest BCUT2D eigenvalue weighted by atomic mass is 10.2. The summed E-state index contributed by atoms with van der Waals surface area (Å²) in [5.41, 5.74) is 5.31. The predicted octanol–water partition coefficient (Wildman–Crippen LogP) is 3.21. The molecule has 0 aliphatic carbocycles. The molecule has 1 aromatic rings. The van der Waals surface area contributed by atoms with Crippen molar-refractivity contribution in [1.29, 1.82) is 0 Å². The molecule has 0 radical (unpaired) electrons. The molecule has 2 N–H and O–H groups in total. The highest BCUT2D eigenvalue weighted by molar-refractivity contribution is 6.01. The smallest absolute Gasteiger partial charge is 0.397 e. The number of benzene rings is 1. The molecule has 0 spiro atoms. The van der Waals surface area contributed by atoms with Crippen LogP contribution in [0.1, 0.15) is 13.3 Å². The summed E-state index contributed by atoms with van der Waals surface area (Å²) in [6, 6.07) is 5.41. The van der Waals surface area contributed by atoms with Crippen molar-refractivity contribution >= 4 is 17.3 Å². The number of nitrogens with zero attached hydrogens (tertiary/aromatic N) is 1. The summed E-state index contributed by atoms with van der Waals surface area (Å²) in [5.74, 6) is -7.78. The van der Waals surface area contributed by atoms with Crippen molar-refractivity contribution < 1.29 is 26.7 Å². The fourth-order valence-corrected chi connectivity index (χ4v) is 1.58. The molecule has 0 fully saturated rings. The van der Waals surface area contributed by atoms with E-state index >= 15 is 0 Å². The van der Waals surface area contributed by atoms with E-state index in [9.17, 15) is 26.7 Å². The Balaban J connectivity index is 3.22. The molecule has 0 aliphatic rings. The minimum Gasteiger partial charge on any atom is -0.397 e. The molecule has 112 valence electrons. The van der Waals surface area contributed by atoms with Gasteiger partial charge in [-0.3, -0.25) is 4.79 Å². The van der Waals surface area contributed by atoms with Crippen LogP contribution >= 0.6 is 0 Å². The lowest BCUT2D eigenvalue weighted by Gasteiger charge is -2.28. The summed E-state index contributed by atoms with van der Waals surface area (Å²) < 4.78 is 63.1. The fraction of sp³-hybridized carbons (Fsp3) is 0.417. The maximum Gasteiger partial charge on any atom is 0.463 e. The van der Waals surface area contributed by atoms with Gasteiger partial charge in [0.25, 0.3) is 0 Å². The van der Waals surface area contributed by atoms with Crippen LogP contribution in [-0.4, -0.2) is 24.6 Å². The van der Waals surface area contributed by atoms with Crippen LogP contribution in [0.25, 0.3) is 0 Å². The third-order valence-corrected chi connectivity index (χ3v) is 2.54. The highest BCUT2D eigenvalue weighted by Crippen LogP contribution is 2.38. The second-order valence-electron chi connectivity index (χ2n) is 4.09. The first-order valence-corrected chi connectivity index (χ1v) is 5.74. The topological polar surface area (TPSA) is 46.3 Å². The minimum atomic E-state index is -5.94. The Hall–Kier alpha value is -1.86. The first kappa shape index (κ1) is 16.2. The van der Waals surface area contributed by atoms with Crippen LogP contribution in [0.2, 0.25) is 0 Å². The second kappa shape index (κ2) is 5.64. The number of hydrogen-bond acceptors (Lipinski definition) is 2.